The van der Waals surface area contributed by atoms with Crippen LogP contribution < -0.4 is 10.6 Å². The third-order valence-electron chi connectivity index (χ3n) is 4.35. The second-order valence-electron chi connectivity index (χ2n) is 6.52. The molecular formula is C19H24N6S. The first-order chi connectivity index (χ1) is 12.4. The highest BCUT2D eigenvalue weighted by Crippen LogP contribution is 2.16. The lowest BCUT2D eigenvalue weighted by atomic mass is 10.1. The molecule has 0 radical (unpaired) electrons. The molecule has 1 atom stereocenters. The molecule has 1 unspecified atom stereocenters. The van der Waals surface area contributed by atoms with E-state index >= 15 is 0 Å². The topological polar surface area (TPSA) is 59.7 Å². The third kappa shape index (κ3) is 4.29. The summed E-state index contributed by atoms with van der Waals surface area (Å²) in [5.41, 5.74) is 5.51. The molecule has 0 saturated carbocycles. The van der Waals surface area contributed by atoms with Crippen molar-refractivity contribution in [3.8, 4) is 0 Å². The van der Waals surface area contributed by atoms with E-state index in [2.05, 4.69) is 46.8 Å². The van der Waals surface area contributed by atoms with Crippen molar-refractivity contribution in [2.24, 2.45) is 7.05 Å². The Kier molecular flexibility index (Phi) is 5.37. The minimum atomic E-state index is 0.0747. The molecule has 0 aliphatic heterocycles. The smallest absolute Gasteiger partial charge is 0.171 e. The van der Waals surface area contributed by atoms with Crippen LogP contribution in [0.4, 0.5) is 5.69 Å². The van der Waals surface area contributed by atoms with E-state index in [9.17, 15) is 0 Å². The highest BCUT2D eigenvalue weighted by Gasteiger charge is 2.13. The Morgan fingerprint density at radius 1 is 1.23 bits per heavy atom. The average Bonchev–Trinajstić information content (AvgIpc) is 3.15. The van der Waals surface area contributed by atoms with Gasteiger partial charge in [-0.3, -0.25) is 9.36 Å². The minimum absolute atomic E-state index is 0.0747. The van der Waals surface area contributed by atoms with Gasteiger partial charge in [0, 0.05) is 25.0 Å². The van der Waals surface area contributed by atoms with Gasteiger partial charge in [0.25, 0.3) is 0 Å². The lowest BCUT2D eigenvalue weighted by Gasteiger charge is -2.15. The molecule has 2 N–H and O–H groups in total. The average molecular weight is 369 g/mol. The number of thiocarbonyl (C=S) groups is 1. The summed E-state index contributed by atoms with van der Waals surface area (Å²) in [6.45, 7) is 6.91. The zero-order chi connectivity index (χ0) is 18.7. The normalized spacial score (nSPS) is 12.0. The lowest BCUT2D eigenvalue weighted by molar-refractivity contribution is 0.684. The van der Waals surface area contributed by atoms with Crippen LogP contribution in [-0.4, -0.2) is 24.7 Å². The van der Waals surface area contributed by atoms with Gasteiger partial charge in [0.2, 0.25) is 0 Å². The van der Waals surface area contributed by atoms with E-state index < -0.39 is 0 Å². The van der Waals surface area contributed by atoms with E-state index in [0.29, 0.717) is 5.11 Å². The number of rotatable bonds is 5. The molecule has 0 aliphatic carbocycles. The van der Waals surface area contributed by atoms with Gasteiger partial charge in [0.15, 0.2) is 5.11 Å². The summed E-state index contributed by atoms with van der Waals surface area (Å²) in [7, 11) is 1.92. The molecule has 3 aromatic rings. The van der Waals surface area contributed by atoms with Crippen molar-refractivity contribution in [1.29, 1.82) is 0 Å². The highest BCUT2D eigenvalue weighted by atomic mass is 32.1. The zero-order valence-corrected chi connectivity index (χ0v) is 16.3. The number of aromatic nitrogens is 4. The molecule has 136 valence electrons. The Morgan fingerprint density at radius 3 is 2.69 bits per heavy atom. The van der Waals surface area contributed by atoms with Gasteiger partial charge in [-0.1, -0.05) is 24.3 Å². The van der Waals surface area contributed by atoms with Gasteiger partial charge < -0.3 is 10.6 Å². The number of aryl methyl sites for hydroxylation is 3. The van der Waals surface area contributed by atoms with E-state index in [1.807, 2.05) is 47.9 Å². The van der Waals surface area contributed by atoms with Crippen LogP contribution in [0.3, 0.4) is 0 Å². The van der Waals surface area contributed by atoms with Gasteiger partial charge in [-0.15, -0.1) is 0 Å². The maximum atomic E-state index is 5.44. The quantitative estimate of drug-likeness (QED) is 0.677. The molecule has 1 aromatic carbocycles. The van der Waals surface area contributed by atoms with E-state index in [1.165, 1.54) is 11.1 Å². The molecular weight excluding hydrogens is 344 g/mol. The predicted octanol–water partition coefficient (Wildman–Crippen LogP) is 3.33. The van der Waals surface area contributed by atoms with Gasteiger partial charge in [-0.05, 0) is 44.1 Å². The summed E-state index contributed by atoms with van der Waals surface area (Å²) in [5.74, 6) is 0. The Bertz CT molecular complexity index is 910. The molecule has 0 fully saturated rings. The van der Waals surface area contributed by atoms with Crippen LogP contribution in [0, 0.1) is 13.8 Å². The van der Waals surface area contributed by atoms with Gasteiger partial charge in [0.05, 0.1) is 30.2 Å². The van der Waals surface area contributed by atoms with Crippen LogP contribution in [0.15, 0.2) is 42.9 Å². The summed E-state index contributed by atoms with van der Waals surface area (Å²) in [5, 5.41) is 15.8. The van der Waals surface area contributed by atoms with Crippen molar-refractivity contribution in [2.45, 2.75) is 33.4 Å². The molecule has 0 saturated heterocycles. The monoisotopic (exact) mass is 368 g/mol. The molecule has 6 nitrogen and oxygen atoms in total. The number of hydrogen-bond acceptors (Lipinski definition) is 3. The standard InChI is InChI=1S/C19H24N6S/c1-13-7-5-6-8-16(13)10-25-11-17(9-20-25)22-19(26)21-14(2)18-12-24(4)23-15(18)3/h5-9,11-12,14H,10H2,1-4H3,(H2,21,22,26). The second kappa shape index (κ2) is 7.70. The van der Waals surface area contributed by atoms with E-state index in [-0.39, 0.29) is 6.04 Å². The van der Waals surface area contributed by atoms with E-state index in [0.717, 1.165) is 23.5 Å². The SMILES string of the molecule is Cc1ccccc1Cn1cc(NC(=S)NC(C)c2cn(C)nc2C)cn1. The summed E-state index contributed by atoms with van der Waals surface area (Å²) in [4.78, 5) is 0. The summed E-state index contributed by atoms with van der Waals surface area (Å²) in [6.07, 6.45) is 5.75. The molecule has 7 heteroatoms. The van der Waals surface area contributed by atoms with Crippen molar-refractivity contribution in [3.63, 3.8) is 0 Å². The van der Waals surface area contributed by atoms with Gasteiger partial charge >= 0.3 is 0 Å². The molecule has 0 aliphatic rings. The predicted molar refractivity (Wildman–Crippen MR) is 108 cm³/mol. The fraction of sp³-hybridized carbons (Fsp3) is 0.316. The molecule has 0 spiro atoms. The Hall–Kier alpha value is -2.67. The van der Waals surface area contributed by atoms with Gasteiger partial charge in [-0.2, -0.15) is 10.2 Å². The molecule has 2 heterocycles. The fourth-order valence-electron chi connectivity index (χ4n) is 2.96. The fourth-order valence-corrected chi connectivity index (χ4v) is 3.26. The van der Waals surface area contributed by atoms with Crippen LogP contribution in [0.1, 0.15) is 35.3 Å². The number of nitrogens with one attached hydrogen (secondary N) is 2. The Labute approximate surface area is 159 Å². The van der Waals surface area contributed by atoms with Crippen molar-refractivity contribution in [2.75, 3.05) is 5.32 Å². The van der Waals surface area contributed by atoms with E-state index in [1.54, 1.807) is 6.20 Å². The first-order valence-corrected chi connectivity index (χ1v) is 8.98. The van der Waals surface area contributed by atoms with Crippen molar-refractivity contribution in [1.82, 2.24) is 24.9 Å². The van der Waals surface area contributed by atoms with Crippen LogP contribution in [0.25, 0.3) is 0 Å². The number of nitrogens with zero attached hydrogens (tertiary/aromatic N) is 4. The van der Waals surface area contributed by atoms with Crippen LogP contribution in [0.2, 0.25) is 0 Å². The molecule has 0 bridgehead atoms. The zero-order valence-electron chi connectivity index (χ0n) is 15.5. The lowest BCUT2D eigenvalue weighted by Crippen LogP contribution is -2.30. The molecule has 3 rings (SSSR count). The van der Waals surface area contributed by atoms with Gasteiger partial charge in [0.1, 0.15) is 0 Å². The second-order valence-corrected chi connectivity index (χ2v) is 6.92. The molecule has 26 heavy (non-hydrogen) atoms. The summed E-state index contributed by atoms with van der Waals surface area (Å²) in [6, 6.07) is 8.40. The summed E-state index contributed by atoms with van der Waals surface area (Å²) >= 11 is 5.44. The maximum absolute atomic E-state index is 5.44. The number of benzene rings is 1. The molecule has 2 aromatic heterocycles. The first kappa shape index (κ1) is 18.1. The van der Waals surface area contributed by atoms with Crippen LogP contribution in [0.5, 0.6) is 0 Å². The Morgan fingerprint density at radius 2 is 2.00 bits per heavy atom. The summed E-state index contributed by atoms with van der Waals surface area (Å²) < 4.78 is 3.72. The van der Waals surface area contributed by atoms with Gasteiger partial charge in [-0.25, -0.2) is 0 Å². The van der Waals surface area contributed by atoms with Crippen molar-refractivity contribution in [3.05, 3.63) is 65.2 Å². The Balaban J connectivity index is 1.59. The van der Waals surface area contributed by atoms with Crippen LogP contribution >= 0.6 is 12.2 Å². The number of hydrogen-bond donors (Lipinski definition) is 2. The van der Waals surface area contributed by atoms with E-state index in [4.69, 9.17) is 12.2 Å². The van der Waals surface area contributed by atoms with Crippen LogP contribution in [-0.2, 0) is 13.6 Å². The highest BCUT2D eigenvalue weighted by molar-refractivity contribution is 7.80. The minimum Gasteiger partial charge on any atom is -0.356 e. The maximum Gasteiger partial charge on any atom is 0.171 e. The third-order valence-corrected chi connectivity index (χ3v) is 4.57. The molecule has 0 amide bonds. The van der Waals surface area contributed by atoms with Crippen molar-refractivity contribution < 1.29 is 0 Å². The van der Waals surface area contributed by atoms with Crippen molar-refractivity contribution >= 4 is 23.0 Å². The first-order valence-electron chi connectivity index (χ1n) is 8.57. The largest absolute Gasteiger partial charge is 0.356 e. The number of anilines is 1.